The molecule has 1 aliphatic rings. The molecule has 94 valence electrons. The standard InChI is InChI=1S/C11H17N3O3/c1-17-10(15)9-8(12-11(16)13-9)4-7-14-5-2-3-6-14/h2-7H2,1H3,(H2,12,13,16). The molecule has 0 amide bonds. The minimum atomic E-state index is -0.500. The van der Waals surface area contributed by atoms with Crippen molar-refractivity contribution in [1.29, 1.82) is 0 Å². The summed E-state index contributed by atoms with van der Waals surface area (Å²) in [5.41, 5.74) is 0.521. The smallest absolute Gasteiger partial charge is 0.356 e. The maximum Gasteiger partial charge on any atom is 0.356 e. The van der Waals surface area contributed by atoms with Crippen LogP contribution in [0.2, 0.25) is 0 Å². The van der Waals surface area contributed by atoms with Crippen LogP contribution < -0.4 is 5.69 Å². The first-order valence-electron chi connectivity index (χ1n) is 5.82. The van der Waals surface area contributed by atoms with E-state index in [2.05, 4.69) is 19.6 Å². The maximum atomic E-state index is 11.4. The van der Waals surface area contributed by atoms with E-state index in [0.29, 0.717) is 12.1 Å². The van der Waals surface area contributed by atoms with Crippen molar-refractivity contribution in [3.63, 3.8) is 0 Å². The predicted octanol–water partition coefficient (Wildman–Crippen LogP) is 0.128. The molecule has 0 bridgehead atoms. The number of hydrogen-bond donors (Lipinski definition) is 2. The zero-order valence-corrected chi connectivity index (χ0v) is 9.91. The first kappa shape index (κ1) is 11.9. The number of ether oxygens (including phenoxy) is 1. The molecule has 0 spiro atoms. The Labute approximate surface area is 99.0 Å². The minimum absolute atomic E-state index is 0.247. The molecule has 0 radical (unpaired) electrons. The van der Waals surface area contributed by atoms with E-state index in [1.165, 1.54) is 20.0 Å². The number of likely N-dealkylation sites (tertiary alicyclic amines) is 1. The average Bonchev–Trinajstić information content (AvgIpc) is 2.94. The Morgan fingerprint density at radius 1 is 1.35 bits per heavy atom. The summed E-state index contributed by atoms with van der Waals surface area (Å²) in [5.74, 6) is -0.500. The van der Waals surface area contributed by atoms with Crippen molar-refractivity contribution < 1.29 is 9.53 Å². The summed E-state index contributed by atoms with van der Waals surface area (Å²) in [6, 6.07) is 0. The van der Waals surface area contributed by atoms with Crippen LogP contribution in [0.3, 0.4) is 0 Å². The number of aromatic amines is 2. The van der Waals surface area contributed by atoms with Crippen LogP contribution in [0.1, 0.15) is 29.0 Å². The van der Waals surface area contributed by atoms with Crippen LogP contribution in [0.5, 0.6) is 0 Å². The van der Waals surface area contributed by atoms with Crippen molar-refractivity contribution in [3.8, 4) is 0 Å². The number of carbonyl (C=O) groups is 1. The highest BCUT2D eigenvalue weighted by atomic mass is 16.5. The SMILES string of the molecule is COC(=O)c1[nH]c(=O)[nH]c1CCN1CCCC1. The normalized spacial score (nSPS) is 16.3. The van der Waals surface area contributed by atoms with Gasteiger partial charge in [0.15, 0.2) is 0 Å². The molecule has 6 nitrogen and oxygen atoms in total. The lowest BCUT2D eigenvalue weighted by molar-refractivity contribution is 0.0593. The fourth-order valence-electron chi connectivity index (χ4n) is 2.16. The summed E-state index contributed by atoms with van der Waals surface area (Å²) >= 11 is 0. The van der Waals surface area contributed by atoms with Gasteiger partial charge >= 0.3 is 11.7 Å². The van der Waals surface area contributed by atoms with Gasteiger partial charge in [-0.2, -0.15) is 0 Å². The van der Waals surface area contributed by atoms with Gasteiger partial charge in [-0.25, -0.2) is 9.59 Å². The number of methoxy groups -OCH3 is 1. The number of aromatic nitrogens is 2. The Morgan fingerprint density at radius 2 is 2.06 bits per heavy atom. The number of esters is 1. The lowest BCUT2D eigenvalue weighted by atomic mass is 10.2. The molecule has 2 rings (SSSR count). The zero-order valence-electron chi connectivity index (χ0n) is 9.91. The van der Waals surface area contributed by atoms with Gasteiger partial charge in [-0.05, 0) is 25.9 Å². The number of imidazole rings is 1. The second kappa shape index (κ2) is 5.18. The molecule has 2 heterocycles. The highest BCUT2D eigenvalue weighted by molar-refractivity contribution is 5.88. The number of rotatable bonds is 4. The number of nitrogens with one attached hydrogen (secondary N) is 2. The highest BCUT2D eigenvalue weighted by Gasteiger charge is 2.17. The van der Waals surface area contributed by atoms with E-state index in [9.17, 15) is 9.59 Å². The van der Waals surface area contributed by atoms with Crippen LogP contribution in [0.4, 0.5) is 0 Å². The van der Waals surface area contributed by atoms with Crippen molar-refractivity contribution in [2.75, 3.05) is 26.7 Å². The predicted molar refractivity (Wildman–Crippen MR) is 62.1 cm³/mol. The van der Waals surface area contributed by atoms with E-state index < -0.39 is 5.97 Å². The molecule has 0 unspecified atom stereocenters. The van der Waals surface area contributed by atoms with Gasteiger partial charge in [0.1, 0.15) is 5.69 Å². The third-order valence-corrected chi connectivity index (χ3v) is 3.07. The molecule has 17 heavy (non-hydrogen) atoms. The molecule has 1 aliphatic heterocycles. The average molecular weight is 239 g/mol. The maximum absolute atomic E-state index is 11.4. The lowest BCUT2D eigenvalue weighted by Gasteiger charge is -2.13. The number of nitrogens with zero attached hydrogens (tertiary/aromatic N) is 1. The van der Waals surface area contributed by atoms with Gasteiger partial charge in [0, 0.05) is 13.0 Å². The van der Waals surface area contributed by atoms with Crippen LogP contribution in [0.25, 0.3) is 0 Å². The lowest BCUT2D eigenvalue weighted by Crippen LogP contribution is -2.22. The Kier molecular flexibility index (Phi) is 3.63. The second-order valence-corrected chi connectivity index (χ2v) is 4.22. The monoisotopic (exact) mass is 239 g/mol. The summed E-state index contributed by atoms with van der Waals surface area (Å²) in [6.45, 7) is 3.06. The van der Waals surface area contributed by atoms with Crippen LogP contribution in [0, 0.1) is 0 Å². The third-order valence-electron chi connectivity index (χ3n) is 3.07. The molecule has 1 aromatic heterocycles. The Hall–Kier alpha value is -1.56. The van der Waals surface area contributed by atoms with Crippen molar-refractivity contribution in [3.05, 3.63) is 21.9 Å². The third kappa shape index (κ3) is 2.76. The summed E-state index contributed by atoms with van der Waals surface area (Å²) in [7, 11) is 1.30. The molecule has 1 aromatic rings. The van der Waals surface area contributed by atoms with Gasteiger partial charge in [0.05, 0.1) is 12.8 Å². The molecular formula is C11H17N3O3. The van der Waals surface area contributed by atoms with Crippen LogP contribution >= 0.6 is 0 Å². The molecule has 0 atom stereocenters. The van der Waals surface area contributed by atoms with Crippen LogP contribution in [-0.4, -0.2) is 47.6 Å². The fourth-order valence-corrected chi connectivity index (χ4v) is 2.16. The molecular weight excluding hydrogens is 222 g/mol. The largest absolute Gasteiger partial charge is 0.464 e. The number of H-pyrrole nitrogens is 2. The van der Waals surface area contributed by atoms with E-state index in [4.69, 9.17) is 0 Å². The van der Waals surface area contributed by atoms with Crippen molar-refractivity contribution in [2.24, 2.45) is 0 Å². The molecule has 0 saturated carbocycles. The Balaban J connectivity index is 2.03. The number of carbonyl (C=O) groups excluding carboxylic acids is 1. The summed E-state index contributed by atoms with van der Waals surface area (Å²) in [6.07, 6.45) is 3.12. The van der Waals surface area contributed by atoms with Crippen molar-refractivity contribution >= 4 is 5.97 Å². The Morgan fingerprint density at radius 3 is 2.71 bits per heavy atom. The fraction of sp³-hybridized carbons (Fsp3) is 0.636. The van der Waals surface area contributed by atoms with Gasteiger partial charge in [0.2, 0.25) is 0 Å². The second-order valence-electron chi connectivity index (χ2n) is 4.22. The van der Waals surface area contributed by atoms with E-state index >= 15 is 0 Å². The van der Waals surface area contributed by atoms with E-state index in [-0.39, 0.29) is 11.4 Å². The van der Waals surface area contributed by atoms with Crippen LogP contribution in [-0.2, 0) is 11.2 Å². The van der Waals surface area contributed by atoms with Gasteiger partial charge in [-0.15, -0.1) is 0 Å². The van der Waals surface area contributed by atoms with Gasteiger partial charge < -0.3 is 14.6 Å². The minimum Gasteiger partial charge on any atom is -0.464 e. The van der Waals surface area contributed by atoms with E-state index in [0.717, 1.165) is 19.6 Å². The van der Waals surface area contributed by atoms with E-state index in [1.54, 1.807) is 0 Å². The Bertz CT molecular complexity index is 443. The van der Waals surface area contributed by atoms with E-state index in [1.807, 2.05) is 0 Å². The highest BCUT2D eigenvalue weighted by Crippen LogP contribution is 2.09. The molecule has 2 N–H and O–H groups in total. The first-order chi connectivity index (χ1) is 8.20. The quantitative estimate of drug-likeness (QED) is 0.732. The molecule has 0 aromatic carbocycles. The molecule has 1 fully saturated rings. The van der Waals surface area contributed by atoms with Crippen LogP contribution in [0.15, 0.2) is 4.79 Å². The van der Waals surface area contributed by atoms with Gasteiger partial charge in [-0.1, -0.05) is 0 Å². The summed E-state index contributed by atoms with van der Waals surface area (Å²) < 4.78 is 4.62. The topological polar surface area (TPSA) is 78.2 Å². The molecule has 1 saturated heterocycles. The summed E-state index contributed by atoms with van der Waals surface area (Å²) in [4.78, 5) is 30.1. The molecule has 6 heteroatoms. The first-order valence-corrected chi connectivity index (χ1v) is 5.82. The van der Waals surface area contributed by atoms with Gasteiger partial charge in [0.25, 0.3) is 0 Å². The van der Waals surface area contributed by atoms with Crippen molar-refractivity contribution in [2.45, 2.75) is 19.3 Å². The number of hydrogen-bond acceptors (Lipinski definition) is 4. The van der Waals surface area contributed by atoms with Crippen molar-refractivity contribution in [1.82, 2.24) is 14.9 Å². The summed E-state index contributed by atoms with van der Waals surface area (Å²) in [5, 5.41) is 0. The zero-order chi connectivity index (χ0) is 12.3. The van der Waals surface area contributed by atoms with Gasteiger partial charge in [-0.3, -0.25) is 4.98 Å². The molecule has 0 aliphatic carbocycles.